The van der Waals surface area contributed by atoms with E-state index in [0.717, 1.165) is 17.8 Å². The van der Waals surface area contributed by atoms with E-state index in [9.17, 15) is 0 Å². The van der Waals surface area contributed by atoms with Gasteiger partial charge >= 0.3 is 0 Å². The Bertz CT molecular complexity index is 155. The average molecular weight is 210 g/mol. The van der Waals surface area contributed by atoms with Crippen molar-refractivity contribution in [2.75, 3.05) is 0 Å². The molecular formula is C15H30. The first-order valence-corrected chi connectivity index (χ1v) is 6.72. The summed E-state index contributed by atoms with van der Waals surface area (Å²) in [4.78, 5) is 0. The van der Waals surface area contributed by atoms with Gasteiger partial charge in [0.15, 0.2) is 0 Å². The quantitative estimate of drug-likeness (QED) is 0.468. The second-order valence-corrected chi connectivity index (χ2v) is 5.48. The molecule has 0 heteroatoms. The lowest BCUT2D eigenvalue weighted by Gasteiger charge is -2.08. The third-order valence-corrected chi connectivity index (χ3v) is 3.14. The Morgan fingerprint density at radius 1 is 1.00 bits per heavy atom. The molecule has 15 heavy (non-hydrogen) atoms. The second kappa shape index (κ2) is 9.00. The Morgan fingerprint density at radius 3 is 2.20 bits per heavy atom. The van der Waals surface area contributed by atoms with Gasteiger partial charge in [0.2, 0.25) is 0 Å². The van der Waals surface area contributed by atoms with Crippen molar-refractivity contribution < 1.29 is 0 Å². The highest BCUT2D eigenvalue weighted by Gasteiger charge is 2.00. The van der Waals surface area contributed by atoms with Crippen LogP contribution in [0.1, 0.15) is 66.7 Å². The lowest BCUT2D eigenvalue weighted by Crippen LogP contribution is -1.94. The molecule has 0 unspecified atom stereocenters. The molecule has 0 amide bonds. The van der Waals surface area contributed by atoms with Gasteiger partial charge < -0.3 is 0 Å². The van der Waals surface area contributed by atoms with Crippen LogP contribution in [0.25, 0.3) is 0 Å². The van der Waals surface area contributed by atoms with Crippen molar-refractivity contribution in [1.82, 2.24) is 0 Å². The first kappa shape index (κ1) is 14.7. The van der Waals surface area contributed by atoms with Crippen molar-refractivity contribution in [2.24, 2.45) is 17.8 Å². The molecule has 0 aliphatic heterocycles. The molecule has 0 aliphatic carbocycles. The summed E-state index contributed by atoms with van der Waals surface area (Å²) in [5.41, 5.74) is 0. The summed E-state index contributed by atoms with van der Waals surface area (Å²) in [7, 11) is 0. The molecule has 0 aliphatic rings. The number of hydrogen-bond acceptors (Lipinski definition) is 0. The van der Waals surface area contributed by atoms with E-state index in [0.29, 0.717) is 0 Å². The highest BCUT2D eigenvalue weighted by Crippen LogP contribution is 2.14. The normalized spacial score (nSPS) is 16.1. The Morgan fingerprint density at radius 2 is 1.67 bits per heavy atom. The van der Waals surface area contributed by atoms with Crippen LogP contribution in [0.3, 0.4) is 0 Å². The molecule has 0 nitrogen and oxygen atoms in total. The van der Waals surface area contributed by atoms with E-state index in [1.54, 1.807) is 0 Å². The maximum Gasteiger partial charge on any atom is -0.0262 e. The van der Waals surface area contributed by atoms with Gasteiger partial charge in [-0.3, -0.25) is 0 Å². The van der Waals surface area contributed by atoms with E-state index in [1.165, 1.54) is 32.1 Å². The first-order valence-electron chi connectivity index (χ1n) is 6.72. The standard InChI is InChI=1S/C15H30/c1-6-14(4)10-8-12-15(5)11-7-9-13(2)3/h8,12-15H,6-7,9-11H2,1-5H3/t14-,15-/m1/s1. The molecule has 0 heterocycles. The van der Waals surface area contributed by atoms with Crippen LogP contribution in [-0.4, -0.2) is 0 Å². The van der Waals surface area contributed by atoms with Crippen LogP contribution < -0.4 is 0 Å². The zero-order chi connectivity index (χ0) is 11.7. The third kappa shape index (κ3) is 10.0. The number of allylic oxidation sites excluding steroid dienone is 2. The molecule has 0 radical (unpaired) electrons. The molecule has 0 rings (SSSR count). The van der Waals surface area contributed by atoms with Gasteiger partial charge in [-0.05, 0) is 30.6 Å². The van der Waals surface area contributed by atoms with E-state index in [1.807, 2.05) is 0 Å². The Kier molecular flexibility index (Phi) is 8.85. The molecule has 0 N–H and O–H groups in total. The predicted octanol–water partition coefficient (Wildman–Crippen LogP) is 5.44. The van der Waals surface area contributed by atoms with E-state index < -0.39 is 0 Å². The molecule has 2 atom stereocenters. The second-order valence-electron chi connectivity index (χ2n) is 5.48. The average Bonchev–Trinajstić information content (AvgIpc) is 2.17. The summed E-state index contributed by atoms with van der Waals surface area (Å²) in [6, 6.07) is 0. The van der Waals surface area contributed by atoms with E-state index >= 15 is 0 Å². The summed E-state index contributed by atoms with van der Waals surface area (Å²) >= 11 is 0. The fourth-order valence-electron chi connectivity index (χ4n) is 1.65. The highest BCUT2D eigenvalue weighted by molar-refractivity contribution is 4.87. The molecule has 0 saturated heterocycles. The lowest BCUT2D eigenvalue weighted by atomic mass is 9.98. The van der Waals surface area contributed by atoms with E-state index in [4.69, 9.17) is 0 Å². The summed E-state index contributed by atoms with van der Waals surface area (Å²) < 4.78 is 0. The number of hydrogen-bond donors (Lipinski definition) is 0. The monoisotopic (exact) mass is 210 g/mol. The summed E-state index contributed by atoms with van der Waals surface area (Å²) in [6.45, 7) is 11.6. The first-order chi connectivity index (χ1) is 7.06. The maximum atomic E-state index is 2.41. The van der Waals surface area contributed by atoms with Crippen LogP contribution in [0.2, 0.25) is 0 Å². The fraction of sp³-hybridized carbons (Fsp3) is 0.867. The fourth-order valence-corrected chi connectivity index (χ4v) is 1.65. The summed E-state index contributed by atoms with van der Waals surface area (Å²) in [5.74, 6) is 2.48. The van der Waals surface area contributed by atoms with E-state index in [-0.39, 0.29) is 0 Å². The summed E-state index contributed by atoms with van der Waals surface area (Å²) in [6.07, 6.45) is 11.5. The molecule has 90 valence electrons. The zero-order valence-electron chi connectivity index (χ0n) is 11.4. The molecule has 0 aromatic rings. The third-order valence-electron chi connectivity index (χ3n) is 3.14. The van der Waals surface area contributed by atoms with Crippen LogP contribution in [0, 0.1) is 17.8 Å². The smallest absolute Gasteiger partial charge is 0.0262 e. The minimum atomic E-state index is 0.771. The van der Waals surface area contributed by atoms with Gasteiger partial charge in [0.25, 0.3) is 0 Å². The van der Waals surface area contributed by atoms with Crippen molar-refractivity contribution in [2.45, 2.75) is 66.7 Å². The largest absolute Gasteiger partial charge is 0.0880 e. The molecule has 0 aromatic heterocycles. The molecule has 0 saturated carbocycles. The Hall–Kier alpha value is -0.260. The molecule has 0 aromatic carbocycles. The molecule has 0 spiro atoms. The highest BCUT2D eigenvalue weighted by atomic mass is 14.1. The zero-order valence-corrected chi connectivity index (χ0v) is 11.4. The van der Waals surface area contributed by atoms with Crippen LogP contribution in [0.15, 0.2) is 12.2 Å². The van der Waals surface area contributed by atoms with Crippen LogP contribution in [0.4, 0.5) is 0 Å². The van der Waals surface area contributed by atoms with Crippen LogP contribution in [0.5, 0.6) is 0 Å². The molecule has 0 fully saturated rings. The van der Waals surface area contributed by atoms with Gasteiger partial charge in [-0.1, -0.05) is 66.0 Å². The minimum Gasteiger partial charge on any atom is -0.0880 e. The van der Waals surface area contributed by atoms with Crippen molar-refractivity contribution in [3.8, 4) is 0 Å². The lowest BCUT2D eigenvalue weighted by molar-refractivity contribution is 0.500. The van der Waals surface area contributed by atoms with Gasteiger partial charge in [0.05, 0.1) is 0 Å². The number of rotatable bonds is 8. The summed E-state index contributed by atoms with van der Waals surface area (Å²) in [5, 5.41) is 0. The maximum absolute atomic E-state index is 2.41. The van der Waals surface area contributed by atoms with Gasteiger partial charge in [-0.2, -0.15) is 0 Å². The SMILES string of the molecule is CC[C@@H](C)CC=C[C@H](C)CCCC(C)C. The Labute approximate surface area is 97.2 Å². The molecular weight excluding hydrogens is 180 g/mol. The predicted molar refractivity (Wildman–Crippen MR) is 71.1 cm³/mol. The van der Waals surface area contributed by atoms with Crippen molar-refractivity contribution in [3.05, 3.63) is 12.2 Å². The van der Waals surface area contributed by atoms with Crippen molar-refractivity contribution >= 4 is 0 Å². The van der Waals surface area contributed by atoms with Crippen LogP contribution >= 0.6 is 0 Å². The van der Waals surface area contributed by atoms with E-state index in [2.05, 4.69) is 46.8 Å². The van der Waals surface area contributed by atoms with Crippen molar-refractivity contribution in [3.63, 3.8) is 0 Å². The van der Waals surface area contributed by atoms with Gasteiger partial charge in [0.1, 0.15) is 0 Å². The van der Waals surface area contributed by atoms with Gasteiger partial charge in [-0.25, -0.2) is 0 Å². The van der Waals surface area contributed by atoms with Gasteiger partial charge in [-0.15, -0.1) is 0 Å². The van der Waals surface area contributed by atoms with Gasteiger partial charge in [0, 0.05) is 0 Å². The topological polar surface area (TPSA) is 0 Å². The minimum absolute atomic E-state index is 0.771. The molecule has 0 bridgehead atoms. The van der Waals surface area contributed by atoms with Crippen molar-refractivity contribution in [1.29, 1.82) is 0 Å². The van der Waals surface area contributed by atoms with Crippen LogP contribution in [-0.2, 0) is 0 Å². The Balaban J connectivity index is 3.50.